The number of hydrogen-bond donors (Lipinski definition) is 3. The van der Waals surface area contributed by atoms with Crippen molar-refractivity contribution in [2.45, 2.75) is 63.8 Å². The number of rotatable bonds is 11. The number of aliphatic carboxylic acids is 1. The standard InChI is InChI=1S/C27H29Cl2N3O6/c28-25-26(29)32(16-30-25)14-21-13-22(18-7-5-17(15-33)6-8-18)38-27(37-21)19-9-11-20(12-10-19)31-23(34)3-1-2-4-24(35)36/h5-12,16,21-22,27,33H,1-4,13-15H2,(H,31,34)(H,35,36)/t21-,22+,27+/m0/s1. The smallest absolute Gasteiger partial charge is 0.303 e. The van der Waals surface area contributed by atoms with Crippen LogP contribution in [-0.2, 0) is 32.2 Å². The molecule has 3 aromatic rings. The predicted octanol–water partition coefficient (Wildman–Crippen LogP) is 5.51. The van der Waals surface area contributed by atoms with Crippen molar-refractivity contribution in [3.05, 3.63) is 81.9 Å². The highest BCUT2D eigenvalue weighted by molar-refractivity contribution is 6.40. The summed E-state index contributed by atoms with van der Waals surface area (Å²) in [5.74, 6) is -1.03. The molecule has 1 fully saturated rings. The summed E-state index contributed by atoms with van der Waals surface area (Å²) >= 11 is 12.3. The van der Waals surface area contributed by atoms with Crippen molar-refractivity contribution in [1.82, 2.24) is 9.55 Å². The third kappa shape index (κ3) is 7.55. The van der Waals surface area contributed by atoms with Crippen molar-refractivity contribution < 1.29 is 29.3 Å². The Kier molecular flexibility index (Phi) is 9.76. The van der Waals surface area contributed by atoms with Gasteiger partial charge in [-0.1, -0.05) is 59.6 Å². The number of aliphatic hydroxyl groups is 1. The second-order valence-electron chi connectivity index (χ2n) is 9.10. The van der Waals surface area contributed by atoms with Crippen molar-refractivity contribution >= 4 is 40.8 Å². The molecule has 202 valence electrons. The molecule has 38 heavy (non-hydrogen) atoms. The Morgan fingerprint density at radius 3 is 2.32 bits per heavy atom. The van der Waals surface area contributed by atoms with Crippen LogP contribution in [0, 0.1) is 0 Å². The van der Waals surface area contributed by atoms with Gasteiger partial charge in [0.25, 0.3) is 0 Å². The third-order valence-electron chi connectivity index (χ3n) is 6.26. The zero-order chi connectivity index (χ0) is 27.1. The molecule has 1 aliphatic heterocycles. The number of unbranched alkanes of at least 4 members (excludes halogenated alkanes) is 1. The number of halogens is 2. The van der Waals surface area contributed by atoms with Crippen LogP contribution >= 0.6 is 23.2 Å². The molecule has 9 nitrogen and oxygen atoms in total. The van der Waals surface area contributed by atoms with Gasteiger partial charge in [0.05, 0.1) is 31.7 Å². The van der Waals surface area contributed by atoms with Crippen LogP contribution in [0.2, 0.25) is 10.3 Å². The van der Waals surface area contributed by atoms with E-state index in [0.29, 0.717) is 36.6 Å². The van der Waals surface area contributed by atoms with Crippen LogP contribution in [0.1, 0.15) is 61.2 Å². The molecular formula is C27H29Cl2N3O6. The lowest BCUT2D eigenvalue weighted by Crippen LogP contribution is -2.32. The maximum Gasteiger partial charge on any atom is 0.303 e. The van der Waals surface area contributed by atoms with Crippen LogP contribution in [0.4, 0.5) is 5.69 Å². The van der Waals surface area contributed by atoms with Crippen molar-refractivity contribution in [2.75, 3.05) is 5.32 Å². The van der Waals surface area contributed by atoms with Crippen LogP contribution in [-0.4, -0.2) is 37.7 Å². The molecule has 3 N–H and O–H groups in total. The second kappa shape index (κ2) is 13.2. The van der Waals surface area contributed by atoms with Gasteiger partial charge >= 0.3 is 5.97 Å². The summed E-state index contributed by atoms with van der Waals surface area (Å²) in [6.45, 7) is 0.394. The number of ether oxygens (including phenoxy) is 2. The quantitative estimate of drug-likeness (QED) is 0.263. The Labute approximate surface area is 230 Å². The summed E-state index contributed by atoms with van der Waals surface area (Å²) in [4.78, 5) is 26.8. The molecule has 1 aliphatic rings. The van der Waals surface area contributed by atoms with E-state index in [1.807, 2.05) is 36.4 Å². The molecule has 3 atom stereocenters. The number of amides is 1. The lowest BCUT2D eigenvalue weighted by molar-refractivity contribution is -0.252. The summed E-state index contributed by atoms with van der Waals surface area (Å²) in [5.41, 5.74) is 3.18. The second-order valence-corrected chi connectivity index (χ2v) is 9.82. The summed E-state index contributed by atoms with van der Waals surface area (Å²) in [5, 5.41) is 21.5. The van der Waals surface area contributed by atoms with Gasteiger partial charge in [-0.25, -0.2) is 4.98 Å². The number of nitrogens with zero attached hydrogens (tertiary/aromatic N) is 2. The number of carboxylic acid groups (broad SMARTS) is 1. The van der Waals surface area contributed by atoms with E-state index in [0.717, 1.165) is 16.7 Å². The van der Waals surface area contributed by atoms with E-state index < -0.39 is 12.3 Å². The maximum atomic E-state index is 12.2. The van der Waals surface area contributed by atoms with Crippen LogP contribution < -0.4 is 5.32 Å². The first-order valence-electron chi connectivity index (χ1n) is 12.3. The lowest BCUT2D eigenvalue weighted by Gasteiger charge is -2.36. The normalized spacial score (nSPS) is 19.3. The van der Waals surface area contributed by atoms with Crippen molar-refractivity contribution in [3.8, 4) is 0 Å². The average molecular weight is 562 g/mol. The Morgan fingerprint density at radius 2 is 1.68 bits per heavy atom. The molecule has 1 saturated heterocycles. The van der Waals surface area contributed by atoms with Gasteiger partial charge in [-0.2, -0.15) is 0 Å². The predicted molar refractivity (Wildman–Crippen MR) is 142 cm³/mol. The van der Waals surface area contributed by atoms with Gasteiger partial charge in [-0.05, 0) is 36.1 Å². The zero-order valence-corrected chi connectivity index (χ0v) is 22.1. The van der Waals surface area contributed by atoms with E-state index >= 15 is 0 Å². The first-order valence-corrected chi connectivity index (χ1v) is 13.1. The summed E-state index contributed by atoms with van der Waals surface area (Å²) in [6, 6.07) is 14.8. The molecule has 0 saturated carbocycles. The highest BCUT2D eigenvalue weighted by atomic mass is 35.5. The van der Waals surface area contributed by atoms with Gasteiger partial charge in [0, 0.05) is 30.5 Å². The van der Waals surface area contributed by atoms with Gasteiger partial charge in [-0.15, -0.1) is 0 Å². The van der Waals surface area contributed by atoms with E-state index in [4.69, 9.17) is 37.8 Å². The Bertz CT molecular complexity index is 1230. The lowest BCUT2D eigenvalue weighted by atomic mass is 10.00. The Hall–Kier alpha value is -2.95. The number of carboxylic acids is 1. The van der Waals surface area contributed by atoms with Gasteiger partial charge in [0.15, 0.2) is 11.4 Å². The Morgan fingerprint density at radius 1 is 1.00 bits per heavy atom. The summed E-state index contributed by atoms with van der Waals surface area (Å²) in [7, 11) is 0. The first-order chi connectivity index (χ1) is 18.3. The van der Waals surface area contributed by atoms with Crippen molar-refractivity contribution in [1.29, 1.82) is 0 Å². The molecule has 11 heteroatoms. The average Bonchev–Trinajstić information content (AvgIpc) is 3.23. The highest BCUT2D eigenvalue weighted by Crippen LogP contribution is 2.39. The molecule has 0 spiro atoms. The fraction of sp³-hybridized carbons (Fsp3) is 0.370. The van der Waals surface area contributed by atoms with Gasteiger partial charge in [0.1, 0.15) is 5.15 Å². The van der Waals surface area contributed by atoms with Crippen LogP contribution in [0.3, 0.4) is 0 Å². The van der Waals surface area contributed by atoms with E-state index in [1.54, 1.807) is 23.0 Å². The third-order valence-corrected chi connectivity index (χ3v) is 7.03. The summed E-state index contributed by atoms with van der Waals surface area (Å²) in [6.07, 6.45) is 2.21. The molecular weight excluding hydrogens is 533 g/mol. The van der Waals surface area contributed by atoms with Crippen LogP contribution in [0.25, 0.3) is 0 Å². The minimum absolute atomic E-state index is 0.0364. The SMILES string of the molecule is O=C(O)CCCCC(=O)Nc1ccc([C@@H]2O[C@H](Cn3cnc(Cl)c3Cl)C[C@H](c3ccc(CO)cc3)O2)cc1. The number of nitrogens with one attached hydrogen (secondary N) is 1. The number of benzene rings is 2. The number of hydrogen-bond acceptors (Lipinski definition) is 6. The first kappa shape index (κ1) is 28.1. The molecule has 0 radical (unpaired) electrons. The van der Waals surface area contributed by atoms with Crippen molar-refractivity contribution in [2.24, 2.45) is 0 Å². The number of imidazole rings is 1. The maximum absolute atomic E-state index is 12.2. The highest BCUT2D eigenvalue weighted by Gasteiger charge is 2.33. The molecule has 1 amide bonds. The monoisotopic (exact) mass is 561 g/mol. The van der Waals surface area contributed by atoms with Crippen LogP contribution in [0.5, 0.6) is 0 Å². The minimum Gasteiger partial charge on any atom is -0.481 e. The van der Waals surface area contributed by atoms with E-state index in [-0.39, 0.29) is 42.7 Å². The molecule has 0 bridgehead atoms. The molecule has 1 aromatic heterocycles. The molecule has 0 aliphatic carbocycles. The van der Waals surface area contributed by atoms with Crippen LogP contribution in [0.15, 0.2) is 54.9 Å². The number of carbonyl (C=O) groups is 2. The van der Waals surface area contributed by atoms with E-state index in [2.05, 4.69) is 10.3 Å². The van der Waals surface area contributed by atoms with Gasteiger partial charge in [0.2, 0.25) is 5.91 Å². The van der Waals surface area contributed by atoms with Gasteiger partial charge < -0.3 is 29.6 Å². The fourth-order valence-electron chi connectivity index (χ4n) is 4.23. The zero-order valence-electron chi connectivity index (χ0n) is 20.6. The number of anilines is 1. The minimum atomic E-state index is -0.864. The molecule has 0 unspecified atom stereocenters. The van der Waals surface area contributed by atoms with E-state index in [1.165, 1.54) is 0 Å². The number of carbonyl (C=O) groups excluding carboxylic acids is 1. The van der Waals surface area contributed by atoms with Gasteiger partial charge in [-0.3, -0.25) is 9.59 Å². The van der Waals surface area contributed by atoms with Crippen molar-refractivity contribution in [3.63, 3.8) is 0 Å². The Balaban J connectivity index is 1.45. The molecule has 2 aromatic carbocycles. The largest absolute Gasteiger partial charge is 0.481 e. The fourth-order valence-corrected chi connectivity index (χ4v) is 4.55. The molecule has 2 heterocycles. The van der Waals surface area contributed by atoms with E-state index in [9.17, 15) is 14.7 Å². The number of aliphatic hydroxyl groups excluding tert-OH is 1. The summed E-state index contributed by atoms with van der Waals surface area (Å²) < 4.78 is 14.4. The molecule has 4 rings (SSSR count). The number of aromatic nitrogens is 2. The topological polar surface area (TPSA) is 123 Å².